The number of ether oxygens (including phenoxy) is 1. The van der Waals surface area contributed by atoms with Crippen molar-refractivity contribution in [3.05, 3.63) is 53.1 Å². The van der Waals surface area contributed by atoms with Crippen molar-refractivity contribution in [1.82, 2.24) is 4.72 Å². The monoisotopic (exact) mass is 477 g/mol. The Kier molecular flexibility index (Phi) is 6.80. The first-order chi connectivity index (χ1) is 15.3. The van der Waals surface area contributed by atoms with Crippen molar-refractivity contribution < 1.29 is 22.7 Å². The number of anilines is 2. The average Bonchev–Trinajstić information content (AvgIpc) is 3.45. The van der Waals surface area contributed by atoms with Gasteiger partial charge in [0.1, 0.15) is 4.90 Å². The van der Waals surface area contributed by atoms with Crippen LogP contribution in [0.5, 0.6) is 0 Å². The molecule has 0 aromatic heterocycles. The number of halogens is 1. The first-order valence-corrected chi connectivity index (χ1v) is 12.3. The quantitative estimate of drug-likeness (QED) is 0.637. The molecule has 0 radical (unpaired) electrons. The highest BCUT2D eigenvalue weighted by molar-refractivity contribution is 7.89. The Morgan fingerprint density at radius 2 is 1.94 bits per heavy atom. The van der Waals surface area contributed by atoms with Gasteiger partial charge in [-0.05, 0) is 61.7 Å². The van der Waals surface area contributed by atoms with Crippen molar-refractivity contribution in [2.45, 2.75) is 36.7 Å². The Hall–Kier alpha value is -2.46. The molecule has 2 aromatic rings. The van der Waals surface area contributed by atoms with Gasteiger partial charge < -0.3 is 15.0 Å². The molecule has 10 heteroatoms. The summed E-state index contributed by atoms with van der Waals surface area (Å²) in [6.07, 6.45) is 2.92. The van der Waals surface area contributed by atoms with E-state index in [0.29, 0.717) is 25.3 Å². The predicted molar refractivity (Wildman–Crippen MR) is 122 cm³/mol. The van der Waals surface area contributed by atoms with Crippen LogP contribution in [0, 0.1) is 0 Å². The molecule has 0 unspecified atom stereocenters. The largest absolute Gasteiger partial charge is 0.377 e. The van der Waals surface area contributed by atoms with Gasteiger partial charge >= 0.3 is 0 Å². The molecule has 2 heterocycles. The Morgan fingerprint density at radius 3 is 2.59 bits per heavy atom. The van der Waals surface area contributed by atoms with Gasteiger partial charge in [-0.3, -0.25) is 9.59 Å². The van der Waals surface area contributed by atoms with Crippen LogP contribution < -0.4 is 14.9 Å². The van der Waals surface area contributed by atoms with Crippen LogP contribution in [0.2, 0.25) is 5.02 Å². The van der Waals surface area contributed by atoms with Crippen molar-refractivity contribution >= 4 is 44.8 Å². The summed E-state index contributed by atoms with van der Waals surface area (Å²) in [4.78, 5) is 26.1. The maximum Gasteiger partial charge on any atom is 0.255 e. The molecule has 32 heavy (non-hydrogen) atoms. The molecule has 4 rings (SSSR count). The van der Waals surface area contributed by atoms with Gasteiger partial charge in [-0.15, -0.1) is 0 Å². The molecule has 0 saturated carbocycles. The van der Waals surface area contributed by atoms with E-state index in [1.54, 1.807) is 29.2 Å². The Balaban J connectivity index is 1.45. The summed E-state index contributed by atoms with van der Waals surface area (Å²) in [5.41, 5.74) is 1.47. The third-order valence-corrected chi connectivity index (χ3v) is 7.42. The van der Waals surface area contributed by atoms with E-state index in [0.717, 1.165) is 24.9 Å². The van der Waals surface area contributed by atoms with Crippen LogP contribution in [0.15, 0.2) is 47.4 Å². The number of nitrogens with zero attached hydrogens (tertiary/aromatic N) is 1. The average molecular weight is 478 g/mol. The van der Waals surface area contributed by atoms with Crippen molar-refractivity contribution in [1.29, 1.82) is 0 Å². The van der Waals surface area contributed by atoms with Crippen LogP contribution in [-0.4, -0.2) is 46.0 Å². The molecular weight excluding hydrogens is 454 g/mol. The number of sulfonamides is 1. The normalized spacial score (nSPS) is 18.8. The first-order valence-electron chi connectivity index (χ1n) is 10.5. The number of nitrogens with one attached hydrogen (secondary N) is 2. The molecule has 0 aliphatic carbocycles. The van der Waals surface area contributed by atoms with Crippen LogP contribution >= 0.6 is 11.6 Å². The van der Waals surface area contributed by atoms with Crippen molar-refractivity contribution in [3.63, 3.8) is 0 Å². The van der Waals surface area contributed by atoms with Gasteiger partial charge in [0, 0.05) is 43.1 Å². The molecule has 2 N–H and O–H groups in total. The van der Waals surface area contributed by atoms with Gasteiger partial charge in [-0.1, -0.05) is 11.6 Å². The second-order valence-electron chi connectivity index (χ2n) is 7.78. The summed E-state index contributed by atoms with van der Waals surface area (Å²) in [6.45, 7) is 1.46. The molecule has 2 aliphatic heterocycles. The van der Waals surface area contributed by atoms with Crippen LogP contribution in [0.3, 0.4) is 0 Å². The number of carbonyl (C=O) groups excluding carboxylic acids is 2. The summed E-state index contributed by atoms with van der Waals surface area (Å²) >= 11 is 6.12. The molecular formula is C22H24ClN3O5S. The van der Waals surface area contributed by atoms with E-state index in [4.69, 9.17) is 16.3 Å². The fourth-order valence-corrected chi connectivity index (χ4v) is 5.38. The van der Waals surface area contributed by atoms with Crippen molar-refractivity contribution in [3.8, 4) is 0 Å². The lowest BCUT2D eigenvalue weighted by atomic mass is 10.2. The number of hydrogen-bond acceptors (Lipinski definition) is 5. The minimum Gasteiger partial charge on any atom is -0.377 e. The minimum absolute atomic E-state index is 0.0287. The molecule has 170 valence electrons. The van der Waals surface area contributed by atoms with E-state index >= 15 is 0 Å². The van der Waals surface area contributed by atoms with Gasteiger partial charge in [0.25, 0.3) is 5.91 Å². The highest BCUT2D eigenvalue weighted by atomic mass is 35.5. The number of benzene rings is 2. The fraction of sp³-hybridized carbons (Fsp3) is 0.364. The van der Waals surface area contributed by atoms with E-state index in [1.165, 1.54) is 18.2 Å². The molecule has 8 nitrogen and oxygen atoms in total. The Bertz CT molecular complexity index is 1110. The molecule has 2 aliphatic rings. The molecule has 2 aromatic carbocycles. The van der Waals surface area contributed by atoms with Crippen LogP contribution in [0.1, 0.15) is 36.0 Å². The maximum absolute atomic E-state index is 12.7. The van der Waals surface area contributed by atoms with Crippen LogP contribution in [-0.2, 0) is 19.6 Å². The van der Waals surface area contributed by atoms with Crippen LogP contribution in [0.25, 0.3) is 0 Å². The van der Waals surface area contributed by atoms with E-state index in [9.17, 15) is 18.0 Å². The van der Waals surface area contributed by atoms with E-state index in [2.05, 4.69) is 10.0 Å². The second-order valence-corrected chi connectivity index (χ2v) is 9.92. The Morgan fingerprint density at radius 1 is 1.16 bits per heavy atom. The summed E-state index contributed by atoms with van der Waals surface area (Å²) in [5, 5.41) is 2.77. The number of amides is 2. The van der Waals surface area contributed by atoms with Crippen molar-refractivity contribution in [2.24, 2.45) is 0 Å². The molecule has 1 atom stereocenters. The smallest absolute Gasteiger partial charge is 0.255 e. The lowest BCUT2D eigenvalue weighted by Crippen LogP contribution is -2.32. The van der Waals surface area contributed by atoms with Gasteiger partial charge in [0.15, 0.2) is 0 Å². The zero-order chi connectivity index (χ0) is 22.7. The molecule has 2 saturated heterocycles. The third kappa shape index (κ3) is 5.12. The number of carbonyl (C=O) groups is 2. The number of hydrogen-bond donors (Lipinski definition) is 2. The van der Waals surface area contributed by atoms with Crippen molar-refractivity contribution in [2.75, 3.05) is 29.9 Å². The Labute approximate surface area is 191 Å². The molecule has 2 amide bonds. The summed E-state index contributed by atoms with van der Waals surface area (Å²) in [6, 6.07) is 11.1. The standard InChI is InChI=1S/C22H24ClN3O5S/c23-19-10-5-15(13-20(19)32(29,30)24-14-18-3-2-12-31-18)22(28)25-16-6-8-17(9-7-16)26-11-1-4-21(26)27/h5-10,13,18,24H,1-4,11-12,14H2,(H,25,28)/t18-/m0/s1. The second kappa shape index (κ2) is 9.58. The van der Waals surface area contributed by atoms with Gasteiger partial charge in [0.2, 0.25) is 15.9 Å². The van der Waals surface area contributed by atoms with E-state index in [-0.39, 0.29) is 34.0 Å². The first kappa shape index (κ1) is 22.7. The zero-order valence-corrected chi connectivity index (χ0v) is 18.9. The third-order valence-electron chi connectivity index (χ3n) is 5.52. The van der Waals surface area contributed by atoms with E-state index in [1.807, 2.05) is 0 Å². The molecule has 0 spiro atoms. The van der Waals surface area contributed by atoms with Crippen LogP contribution in [0.4, 0.5) is 11.4 Å². The van der Waals surface area contributed by atoms with Gasteiger partial charge in [-0.25, -0.2) is 13.1 Å². The summed E-state index contributed by atoms with van der Waals surface area (Å²) < 4.78 is 33.4. The SMILES string of the molecule is O=C(Nc1ccc(N2CCCC2=O)cc1)c1ccc(Cl)c(S(=O)(=O)NC[C@@H]2CCCO2)c1. The summed E-state index contributed by atoms with van der Waals surface area (Å²) in [7, 11) is -3.91. The topological polar surface area (TPSA) is 105 Å². The van der Waals surface area contributed by atoms with Gasteiger partial charge in [0.05, 0.1) is 11.1 Å². The highest BCUT2D eigenvalue weighted by Crippen LogP contribution is 2.25. The highest BCUT2D eigenvalue weighted by Gasteiger charge is 2.24. The summed E-state index contributed by atoms with van der Waals surface area (Å²) in [5.74, 6) is -0.382. The van der Waals surface area contributed by atoms with Gasteiger partial charge in [-0.2, -0.15) is 0 Å². The van der Waals surface area contributed by atoms with E-state index < -0.39 is 15.9 Å². The minimum atomic E-state index is -3.91. The molecule has 2 fully saturated rings. The molecule has 0 bridgehead atoms. The number of rotatable bonds is 7. The maximum atomic E-state index is 12.7. The lowest BCUT2D eigenvalue weighted by Gasteiger charge is -2.16. The zero-order valence-electron chi connectivity index (χ0n) is 17.3. The predicted octanol–water partition coefficient (Wildman–Crippen LogP) is 3.18. The lowest BCUT2D eigenvalue weighted by molar-refractivity contribution is -0.117. The fourth-order valence-electron chi connectivity index (χ4n) is 3.79.